The molecule has 2 aliphatic rings. The number of carbonyl (C=O) groups is 1. The summed E-state index contributed by atoms with van der Waals surface area (Å²) in [5.41, 5.74) is 12.4. The minimum Gasteiger partial charge on any atom is -0.396 e. The van der Waals surface area contributed by atoms with Gasteiger partial charge in [0.25, 0.3) is 5.56 Å². The van der Waals surface area contributed by atoms with Crippen LogP contribution in [0.3, 0.4) is 0 Å². The Balaban J connectivity index is 2.16. The maximum absolute atomic E-state index is 12.3. The molecule has 0 radical (unpaired) electrons. The van der Waals surface area contributed by atoms with Crippen molar-refractivity contribution in [1.29, 1.82) is 0 Å². The first-order chi connectivity index (χ1) is 9.91. The highest BCUT2D eigenvalue weighted by atomic mass is 35.5. The van der Waals surface area contributed by atoms with E-state index < -0.39 is 0 Å². The van der Waals surface area contributed by atoms with Crippen LogP contribution in [0.2, 0.25) is 0 Å². The van der Waals surface area contributed by atoms with Crippen molar-refractivity contribution in [1.82, 2.24) is 9.36 Å². The summed E-state index contributed by atoms with van der Waals surface area (Å²) in [6.45, 7) is 2.92. The summed E-state index contributed by atoms with van der Waals surface area (Å²) in [5, 5.41) is -0.0841. The van der Waals surface area contributed by atoms with Gasteiger partial charge in [0.1, 0.15) is 5.03 Å². The number of hydrogen-bond donors (Lipinski definition) is 2. The zero-order valence-electron chi connectivity index (χ0n) is 11.4. The molecule has 2 heterocycles. The van der Waals surface area contributed by atoms with Gasteiger partial charge in [-0.15, -0.1) is 0 Å². The van der Waals surface area contributed by atoms with E-state index in [0.29, 0.717) is 24.5 Å². The fourth-order valence-electron chi connectivity index (χ4n) is 2.50. The molecule has 1 aromatic heterocycles. The molecule has 110 valence electrons. The first-order valence-electron chi connectivity index (χ1n) is 6.48. The maximum Gasteiger partial charge on any atom is 0.294 e. The second kappa shape index (κ2) is 4.63. The first kappa shape index (κ1) is 13.7. The van der Waals surface area contributed by atoms with E-state index in [2.05, 4.69) is 4.99 Å². The van der Waals surface area contributed by atoms with Crippen LogP contribution in [0.1, 0.15) is 13.3 Å². The molecule has 0 bridgehead atoms. The molecule has 0 spiro atoms. The number of carbonyl (C=O) groups excluding carboxylic acids is 1. The Labute approximate surface area is 125 Å². The molecular weight excluding hydrogens is 294 g/mol. The van der Waals surface area contributed by atoms with E-state index in [4.69, 9.17) is 23.1 Å². The minimum atomic E-state index is -0.336. The van der Waals surface area contributed by atoms with Crippen LogP contribution in [0.25, 0.3) is 0 Å². The molecule has 0 aromatic carbocycles. The number of nitrogens with two attached hydrogens (primary N) is 2. The lowest BCUT2D eigenvalue weighted by molar-refractivity contribution is -0.111. The van der Waals surface area contributed by atoms with Crippen LogP contribution in [-0.4, -0.2) is 20.9 Å². The van der Waals surface area contributed by atoms with Crippen molar-refractivity contribution < 1.29 is 4.79 Å². The van der Waals surface area contributed by atoms with Crippen LogP contribution in [0, 0.1) is 0 Å². The number of hydrogen-bond acceptors (Lipinski definition) is 5. The van der Waals surface area contributed by atoms with Crippen molar-refractivity contribution in [2.45, 2.75) is 26.4 Å². The summed E-state index contributed by atoms with van der Waals surface area (Å²) in [6, 6.07) is 0. The number of nitrogens with zero attached hydrogens (tertiary/aromatic N) is 3. The summed E-state index contributed by atoms with van der Waals surface area (Å²) in [5.74, 6) is -0.0333. The number of allylic oxidation sites excluding steroid dienone is 3. The molecule has 0 unspecified atom stereocenters. The number of aliphatic imine (C=N–C) groups is 1. The highest BCUT2D eigenvalue weighted by molar-refractivity contribution is 6.49. The smallest absolute Gasteiger partial charge is 0.294 e. The summed E-state index contributed by atoms with van der Waals surface area (Å²) < 4.78 is 3.26. The van der Waals surface area contributed by atoms with Gasteiger partial charge < -0.3 is 11.5 Å². The molecule has 0 amide bonds. The summed E-state index contributed by atoms with van der Waals surface area (Å²) in [4.78, 5) is 28.2. The van der Waals surface area contributed by atoms with Crippen LogP contribution in [0.4, 0.5) is 11.5 Å². The lowest BCUT2D eigenvalue weighted by Crippen LogP contribution is -2.21. The summed E-state index contributed by atoms with van der Waals surface area (Å²) >= 11 is 5.89. The Morgan fingerprint density at radius 1 is 1.24 bits per heavy atom. The third kappa shape index (κ3) is 1.92. The quantitative estimate of drug-likeness (QED) is 0.742. The molecule has 8 heteroatoms. The zero-order valence-corrected chi connectivity index (χ0v) is 12.1. The van der Waals surface area contributed by atoms with Crippen LogP contribution >= 0.6 is 11.6 Å². The minimum absolute atomic E-state index is 0.0578. The molecule has 7 nitrogen and oxygen atoms in total. The van der Waals surface area contributed by atoms with Crippen molar-refractivity contribution in [3.05, 3.63) is 32.7 Å². The number of ketones is 1. The van der Waals surface area contributed by atoms with Crippen molar-refractivity contribution in [3.63, 3.8) is 0 Å². The molecule has 3 rings (SSSR count). The number of fused-ring (bicyclic) bond motifs is 1. The Bertz CT molecular complexity index is 809. The Hall–Kier alpha value is -2.28. The fourth-order valence-corrected chi connectivity index (χ4v) is 2.75. The normalized spacial score (nSPS) is 20.2. The van der Waals surface area contributed by atoms with Gasteiger partial charge in [0, 0.05) is 18.7 Å². The second-order valence-corrected chi connectivity index (χ2v) is 5.40. The maximum atomic E-state index is 12.3. The Morgan fingerprint density at radius 2 is 1.90 bits per heavy atom. The molecule has 21 heavy (non-hydrogen) atoms. The van der Waals surface area contributed by atoms with Crippen LogP contribution in [0.5, 0.6) is 0 Å². The molecule has 0 saturated carbocycles. The zero-order chi connectivity index (χ0) is 15.3. The van der Waals surface area contributed by atoms with Gasteiger partial charge in [-0.05, 0) is 19.4 Å². The molecular formula is C13H14ClN5O2. The van der Waals surface area contributed by atoms with Crippen LogP contribution in [0.15, 0.2) is 32.2 Å². The molecule has 0 fully saturated rings. The summed E-state index contributed by atoms with van der Waals surface area (Å²) in [6.07, 6.45) is 2.38. The number of aromatic nitrogens is 2. The topological polar surface area (TPSA) is 108 Å². The van der Waals surface area contributed by atoms with Gasteiger partial charge in [0.05, 0.1) is 11.4 Å². The number of Topliss-reactive ketones (excluding diaryl/α,β-unsaturated/α-hetero) is 1. The molecule has 1 aromatic rings. The van der Waals surface area contributed by atoms with Crippen molar-refractivity contribution >= 4 is 34.6 Å². The van der Waals surface area contributed by atoms with Crippen LogP contribution < -0.4 is 17.0 Å². The SMILES string of the molecule is CC1=C/C(=N\c2c(N)n3n(c2=O)CCC3)C(N)=C(Cl)C1=O. The van der Waals surface area contributed by atoms with E-state index in [1.165, 1.54) is 6.08 Å². The molecule has 0 atom stereocenters. The van der Waals surface area contributed by atoms with E-state index >= 15 is 0 Å². The molecule has 0 saturated heterocycles. The summed E-state index contributed by atoms with van der Waals surface area (Å²) in [7, 11) is 0. The lowest BCUT2D eigenvalue weighted by Gasteiger charge is -2.12. The largest absolute Gasteiger partial charge is 0.396 e. The molecule has 4 N–H and O–H groups in total. The Morgan fingerprint density at radius 3 is 2.57 bits per heavy atom. The van der Waals surface area contributed by atoms with Gasteiger partial charge in [0.2, 0.25) is 5.78 Å². The average molecular weight is 308 g/mol. The van der Waals surface area contributed by atoms with Gasteiger partial charge in [-0.2, -0.15) is 0 Å². The molecule has 1 aliphatic heterocycles. The van der Waals surface area contributed by atoms with Gasteiger partial charge in [-0.1, -0.05) is 11.6 Å². The second-order valence-electron chi connectivity index (χ2n) is 5.02. The van der Waals surface area contributed by atoms with Gasteiger partial charge >= 0.3 is 0 Å². The fraction of sp³-hybridized carbons (Fsp3) is 0.308. The van der Waals surface area contributed by atoms with Crippen LogP contribution in [-0.2, 0) is 17.9 Å². The third-order valence-electron chi connectivity index (χ3n) is 3.64. The predicted octanol–water partition coefficient (Wildman–Crippen LogP) is 0.646. The van der Waals surface area contributed by atoms with E-state index in [0.717, 1.165) is 6.42 Å². The van der Waals surface area contributed by atoms with E-state index in [9.17, 15) is 9.59 Å². The van der Waals surface area contributed by atoms with Crippen molar-refractivity contribution in [2.75, 3.05) is 5.73 Å². The van der Waals surface area contributed by atoms with E-state index in [-0.39, 0.29) is 33.5 Å². The lowest BCUT2D eigenvalue weighted by atomic mass is 10.0. The monoisotopic (exact) mass is 307 g/mol. The van der Waals surface area contributed by atoms with E-state index in [1.54, 1.807) is 16.3 Å². The van der Waals surface area contributed by atoms with Crippen molar-refractivity contribution in [2.24, 2.45) is 10.7 Å². The standard InChI is InChI=1S/C13H14ClN5O2/c1-6-5-7(9(15)8(14)11(6)20)17-10-12(16)18-3-2-4-19(18)13(10)21/h5H,2-4,15-16H2,1H3/b17-7+. The number of nitrogen functional groups attached to an aromatic ring is 1. The number of anilines is 1. The van der Waals surface area contributed by atoms with E-state index in [1.807, 2.05) is 0 Å². The predicted molar refractivity (Wildman–Crippen MR) is 80.6 cm³/mol. The number of rotatable bonds is 1. The Kier molecular flexibility index (Phi) is 3.02. The average Bonchev–Trinajstić information content (AvgIpc) is 3.02. The van der Waals surface area contributed by atoms with Crippen molar-refractivity contribution in [3.8, 4) is 0 Å². The molecule has 1 aliphatic carbocycles. The first-order valence-corrected chi connectivity index (χ1v) is 6.86. The highest BCUT2D eigenvalue weighted by Crippen LogP contribution is 2.26. The number of halogens is 1. The van der Waals surface area contributed by atoms with Gasteiger partial charge in [-0.3, -0.25) is 14.3 Å². The van der Waals surface area contributed by atoms with Gasteiger partial charge in [-0.25, -0.2) is 9.67 Å². The third-order valence-corrected chi connectivity index (χ3v) is 4.02. The highest BCUT2D eigenvalue weighted by Gasteiger charge is 2.25. The van der Waals surface area contributed by atoms with Gasteiger partial charge in [0.15, 0.2) is 11.5 Å².